The van der Waals surface area contributed by atoms with Crippen molar-refractivity contribution in [3.63, 3.8) is 0 Å². The van der Waals surface area contributed by atoms with E-state index in [0.29, 0.717) is 41.1 Å². The monoisotopic (exact) mass is 409 g/mol. The molecule has 0 aliphatic heterocycles. The lowest BCUT2D eigenvalue weighted by Crippen LogP contribution is -2.20. The normalized spacial score (nSPS) is 10.2. The van der Waals surface area contributed by atoms with E-state index in [-0.39, 0.29) is 12.5 Å². The first kappa shape index (κ1) is 20.9. The van der Waals surface area contributed by atoms with Crippen LogP contribution in [0.4, 0.5) is 5.69 Å². The summed E-state index contributed by atoms with van der Waals surface area (Å²) in [6.07, 6.45) is 0. The number of aromatic nitrogens is 2. The summed E-state index contributed by atoms with van der Waals surface area (Å²) in [5.74, 6) is 1.84. The van der Waals surface area contributed by atoms with Crippen molar-refractivity contribution in [2.45, 2.75) is 6.92 Å². The second kappa shape index (κ2) is 10.1. The van der Waals surface area contributed by atoms with Crippen LogP contribution in [-0.2, 0) is 4.79 Å². The zero-order valence-electron chi connectivity index (χ0n) is 17.0. The number of hydrogen-bond donors (Lipinski definition) is 1. The number of carbonyl (C=O) groups excluding carboxylic acids is 1. The third-order valence-corrected chi connectivity index (χ3v) is 4.09. The van der Waals surface area contributed by atoms with Crippen LogP contribution in [0.3, 0.4) is 0 Å². The summed E-state index contributed by atoms with van der Waals surface area (Å²) < 4.78 is 21.2. The standard InChI is InChI=1S/C22H23N3O5/c1-4-29-22-10-9-20(24-25-22)15-5-7-16(8-6-15)23-21(26)14-30-19-12-17(27-2)11-18(13-19)28-3/h5-13H,4,14H2,1-3H3,(H,23,26). The number of nitrogens with one attached hydrogen (secondary N) is 1. The highest BCUT2D eigenvalue weighted by Gasteiger charge is 2.08. The van der Waals surface area contributed by atoms with E-state index in [1.807, 2.05) is 25.1 Å². The number of hydrogen-bond acceptors (Lipinski definition) is 7. The molecule has 0 unspecified atom stereocenters. The molecular formula is C22H23N3O5. The molecule has 0 radical (unpaired) electrons. The fourth-order valence-corrected chi connectivity index (χ4v) is 2.63. The molecule has 0 aliphatic rings. The minimum atomic E-state index is -0.287. The first-order chi connectivity index (χ1) is 14.6. The van der Waals surface area contributed by atoms with Crippen molar-refractivity contribution in [2.24, 2.45) is 0 Å². The van der Waals surface area contributed by atoms with E-state index in [1.54, 1.807) is 50.6 Å². The molecule has 3 aromatic rings. The molecule has 0 atom stereocenters. The molecule has 30 heavy (non-hydrogen) atoms. The molecule has 0 saturated carbocycles. The predicted octanol–water partition coefficient (Wildman–Crippen LogP) is 3.58. The fourth-order valence-electron chi connectivity index (χ4n) is 2.63. The molecule has 1 amide bonds. The van der Waals surface area contributed by atoms with Gasteiger partial charge in [-0.2, -0.15) is 0 Å². The number of rotatable bonds is 9. The summed E-state index contributed by atoms with van der Waals surface area (Å²) in [7, 11) is 3.10. The Morgan fingerprint density at radius 2 is 1.53 bits per heavy atom. The topological polar surface area (TPSA) is 91.8 Å². The zero-order chi connectivity index (χ0) is 21.3. The SMILES string of the molecule is CCOc1ccc(-c2ccc(NC(=O)COc3cc(OC)cc(OC)c3)cc2)nn1. The molecule has 1 aromatic heterocycles. The molecular weight excluding hydrogens is 386 g/mol. The number of ether oxygens (including phenoxy) is 4. The van der Waals surface area contributed by atoms with Gasteiger partial charge in [-0.25, -0.2) is 0 Å². The highest BCUT2D eigenvalue weighted by molar-refractivity contribution is 5.92. The van der Waals surface area contributed by atoms with Crippen LogP contribution in [0.1, 0.15) is 6.92 Å². The van der Waals surface area contributed by atoms with Gasteiger partial charge in [-0.1, -0.05) is 12.1 Å². The Hall–Kier alpha value is -3.81. The molecule has 156 valence electrons. The summed E-state index contributed by atoms with van der Waals surface area (Å²) in [6, 6.07) is 16.0. The summed E-state index contributed by atoms with van der Waals surface area (Å²) >= 11 is 0. The van der Waals surface area contributed by atoms with E-state index >= 15 is 0 Å². The van der Waals surface area contributed by atoms with Crippen LogP contribution in [-0.4, -0.2) is 43.5 Å². The third-order valence-electron chi connectivity index (χ3n) is 4.09. The van der Waals surface area contributed by atoms with Crippen LogP contribution in [0, 0.1) is 0 Å². The van der Waals surface area contributed by atoms with Gasteiger partial charge < -0.3 is 24.3 Å². The van der Waals surface area contributed by atoms with Crippen LogP contribution in [0.2, 0.25) is 0 Å². The number of amides is 1. The molecule has 8 heteroatoms. The Morgan fingerprint density at radius 1 is 0.867 bits per heavy atom. The van der Waals surface area contributed by atoms with Crippen LogP contribution < -0.4 is 24.3 Å². The summed E-state index contributed by atoms with van der Waals surface area (Å²) in [5.41, 5.74) is 2.24. The van der Waals surface area contributed by atoms with E-state index in [1.165, 1.54) is 0 Å². The zero-order valence-corrected chi connectivity index (χ0v) is 17.0. The Morgan fingerprint density at radius 3 is 2.10 bits per heavy atom. The molecule has 0 saturated heterocycles. The first-order valence-electron chi connectivity index (χ1n) is 9.34. The quantitative estimate of drug-likeness (QED) is 0.577. The number of anilines is 1. The van der Waals surface area contributed by atoms with Crippen LogP contribution in [0.15, 0.2) is 54.6 Å². The van der Waals surface area contributed by atoms with E-state index in [4.69, 9.17) is 18.9 Å². The van der Waals surface area contributed by atoms with Crippen molar-refractivity contribution in [3.05, 3.63) is 54.6 Å². The minimum absolute atomic E-state index is 0.150. The van der Waals surface area contributed by atoms with Crippen LogP contribution in [0.5, 0.6) is 23.1 Å². The van der Waals surface area contributed by atoms with Gasteiger partial charge in [0.15, 0.2) is 6.61 Å². The van der Waals surface area contributed by atoms with E-state index in [9.17, 15) is 4.79 Å². The Balaban J connectivity index is 1.57. The average molecular weight is 409 g/mol. The molecule has 2 aromatic carbocycles. The second-order valence-corrected chi connectivity index (χ2v) is 6.15. The maximum Gasteiger partial charge on any atom is 0.262 e. The maximum absolute atomic E-state index is 12.2. The van der Waals surface area contributed by atoms with E-state index in [0.717, 1.165) is 5.56 Å². The Kier molecular flexibility index (Phi) is 7.05. The van der Waals surface area contributed by atoms with E-state index in [2.05, 4.69) is 15.5 Å². The van der Waals surface area contributed by atoms with Gasteiger partial charge in [0.05, 0.1) is 26.5 Å². The highest BCUT2D eigenvalue weighted by atomic mass is 16.5. The molecule has 1 N–H and O–H groups in total. The van der Waals surface area contributed by atoms with Crippen LogP contribution >= 0.6 is 0 Å². The smallest absolute Gasteiger partial charge is 0.262 e. The van der Waals surface area contributed by atoms with Gasteiger partial charge in [0.2, 0.25) is 5.88 Å². The average Bonchev–Trinajstić information content (AvgIpc) is 2.78. The second-order valence-electron chi connectivity index (χ2n) is 6.15. The molecule has 0 spiro atoms. The largest absolute Gasteiger partial charge is 0.496 e. The van der Waals surface area contributed by atoms with Gasteiger partial charge >= 0.3 is 0 Å². The van der Waals surface area contributed by atoms with Gasteiger partial charge in [0.1, 0.15) is 17.2 Å². The lowest BCUT2D eigenvalue weighted by molar-refractivity contribution is -0.118. The number of methoxy groups -OCH3 is 2. The predicted molar refractivity (Wildman–Crippen MR) is 112 cm³/mol. The molecule has 8 nitrogen and oxygen atoms in total. The summed E-state index contributed by atoms with van der Waals surface area (Å²) in [4.78, 5) is 12.2. The molecule has 0 bridgehead atoms. The van der Waals surface area contributed by atoms with Crippen molar-refractivity contribution in [3.8, 4) is 34.4 Å². The number of benzene rings is 2. The van der Waals surface area contributed by atoms with Gasteiger partial charge in [-0.3, -0.25) is 4.79 Å². The molecule has 0 fully saturated rings. The molecule has 0 aliphatic carbocycles. The third kappa shape index (κ3) is 5.60. The van der Waals surface area contributed by atoms with Gasteiger partial charge in [-0.05, 0) is 25.1 Å². The van der Waals surface area contributed by atoms with Gasteiger partial charge in [0, 0.05) is 35.5 Å². The first-order valence-corrected chi connectivity index (χ1v) is 9.34. The number of carbonyl (C=O) groups is 1. The number of nitrogens with zero attached hydrogens (tertiary/aromatic N) is 2. The fraction of sp³-hybridized carbons (Fsp3) is 0.227. The minimum Gasteiger partial charge on any atom is -0.496 e. The van der Waals surface area contributed by atoms with Crippen LogP contribution in [0.25, 0.3) is 11.3 Å². The van der Waals surface area contributed by atoms with Gasteiger partial charge in [-0.15, -0.1) is 10.2 Å². The Labute approximate surface area is 174 Å². The summed E-state index contributed by atoms with van der Waals surface area (Å²) in [6.45, 7) is 2.28. The molecule has 1 heterocycles. The van der Waals surface area contributed by atoms with Crippen molar-refractivity contribution >= 4 is 11.6 Å². The lowest BCUT2D eigenvalue weighted by Gasteiger charge is -2.11. The van der Waals surface area contributed by atoms with Gasteiger partial charge in [0.25, 0.3) is 5.91 Å². The molecule has 3 rings (SSSR count). The van der Waals surface area contributed by atoms with E-state index < -0.39 is 0 Å². The van der Waals surface area contributed by atoms with Crippen molar-refractivity contribution < 1.29 is 23.7 Å². The van der Waals surface area contributed by atoms with Crippen molar-refractivity contribution in [1.82, 2.24) is 10.2 Å². The summed E-state index contributed by atoms with van der Waals surface area (Å²) in [5, 5.41) is 11.0. The highest BCUT2D eigenvalue weighted by Crippen LogP contribution is 2.27. The maximum atomic E-state index is 12.2. The van der Waals surface area contributed by atoms with Crippen molar-refractivity contribution in [2.75, 3.05) is 32.8 Å². The van der Waals surface area contributed by atoms with Crippen molar-refractivity contribution in [1.29, 1.82) is 0 Å². The Bertz CT molecular complexity index is 953. The lowest BCUT2D eigenvalue weighted by atomic mass is 10.1.